The third-order valence-corrected chi connectivity index (χ3v) is 2.47. The van der Waals surface area contributed by atoms with E-state index in [4.69, 9.17) is 8.83 Å². The third kappa shape index (κ3) is 4.06. The van der Waals surface area contributed by atoms with Crippen LogP contribution < -0.4 is 10.6 Å². The lowest BCUT2D eigenvalue weighted by Crippen LogP contribution is -2.21. The van der Waals surface area contributed by atoms with Crippen molar-refractivity contribution in [2.75, 3.05) is 5.32 Å². The second kappa shape index (κ2) is 6.33. The Balaban J connectivity index is 1.82. The number of nitrogens with zero attached hydrogens (tertiary/aromatic N) is 3. The predicted molar refractivity (Wildman–Crippen MR) is 69.5 cm³/mol. The molecular weight excluding hydrogens is 246 g/mol. The average molecular weight is 265 g/mol. The van der Waals surface area contributed by atoms with Gasteiger partial charge in [0.05, 0.1) is 19.3 Å². The summed E-state index contributed by atoms with van der Waals surface area (Å²) in [6.07, 6.45) is 2.56. The quantitative estimate of drug-likeness (QED) is 0.788. The fraction of sp³-hybridized carbons (Fsp3) is 0.583. The fourth-order valence-electron chi connectivity index (χ4n) is 1.43. The van der Waals surface area contributed by atoms with Gasteiger partial charge in [0, 0.05) is 12.5 Å². The van der Waals surface area contributed by atoms with Crippen molar-refractivity contribution in [2.45, 2.75) is 46.3 Å². The average Bonchev–Trinajstić information content (AvgIpc) is 3.03. The maximum atomic E-state index is 5.46. The van der Waals surface area contributed by atoms with Gasteiger partial charge in [-0.15, -0.1) is 5.10 Å². The van der Waals surface area contributed by atoms with E-state index in [1.54, 1.807) is 6.20 Å². The molecule has 0 atom stereocenters. The van der Waals surface area contributed by atoms with E-state index in [9.17, 15) is 0 Å². The SMILES string of the molecule is CCc1cnc(CNc2nnc(CNC(C)C)o2)o1. The second-order valence-corrected chi connectivity index (χ2v) is 4.46. The molecule has 2 heterocycles. The van der Waals surface area contributed by atoms with Crippen molar-refractivity contribution in [1.82, 2.24) is 20.5 Å². The topological polar surface area (TPSA) is 89.0 Å². The molecule has 0 spiro atoms. The van der Waals surface area contributed by atoms with Gasteiger partial charge in [0.25, 0.3) is 0 Å². The molecule has 0 aromatic carbocycles. The Morgan fingerprint density at radius 3 is 2.68 bits per heavy atom. The van der Waals surface area contributed by atoms with E-state index in [2.05, 4.69) is 39.7 Å². The van der Waals surface area contributed by atoms with Gasteiger partial charge in [0.1, 0.15) is 5.76 Å². The number of oxazole rings is 1. The van der Waals surface area contributed by atoms with Crippen molar-refractivity contribution in [3.8, 4) is 0 Å². The van der Waals surface area contributed by atoms with E-state index < -0.39 is 0 Å². The Bertz CT molecular complexity index is 506. The van der Waals surface area contributed by atoms with Crippen LogP contribution in [0.3, 0.4) is 0 Å². The molecule has 0 aliphatic carbocycles. The summed E-state index contributed by atoms with van der Waals surface area (Å²) in [6, 6.07) is 0.750. The zero-order valence-corrected chi connectivity index (χ0v) is 11.4. The van der Waals surface area contributed by atoms with Gasteiger partial charge in [0.15, 0.2) is 0 Å². The first kappa shape index (κ1) is 13.5. The monoisotopic (exact) mass is 265 g/mol. The molecule has 0 fully saturated rings. The fourth-order valence-corrected chi connectivity index (χ4v) is 1.43. The molecule has 0 unspecified atom stereocenters. The molecular formula is C12H19N5O2. The van der Waals surface area contributed by atoms with Crippen LogP contribution in [0, 0.1) is 0 Å². The van der Waals surface area contributed by atoms with E-state index in [-0.39, 0.29) is 0 Å². The summed E-state index contributed by atoms with van der Waals surface area (Å²) in [5, 5.41) is 14.0. The van der Waals surface area contributed by atoms with Gasteiger partial charge in [-0.25, -0.2) is 4.98 Å². The summed E-state index contributed by atoms with van der Waals surface area (Å²) in [6.45, 7) is 7.13. The number of hydrogen-bond donors (Lipinski definition) is 2. The van der Waals surface area contributed by atoms with Crippen LogP contribution in [-0.2, 0) is 19.5 Å². The van der Waals surface area contributed by atoms with Gasteiger partial charge in [-0.1, -0.05) is 25.9 Å². The molecule has 0 radical (unpaired) electrons. The van der Waals surface area contributed by atoms with Gasteiger partial charge in [-0.2, -0.15) is 0 Å². The molecule has 2 rings (SSSR count). The van der Waals surface area contributed by atoms with Crippen molar-refractivity contribution in [2.24, 2.45) is 0 Å². The highest BCUT2D eigenvalue weighted by molar-refractivity contribution is 5.17. The molecule has 0 saturated carbocycles. The molecule has 19 heavy (non-hydrogen) atoms. The first-order valence-electron chi connectivity index (χ1n) is 6.40. The number of aryl methyl sites for hydroxylation is 1. The summed E-state index contributed by atoms with van der Waals surface area (Å²) >= 11 is 0. The summed E-state index contributed by atoms with van der Waals surface area (Å²) in [5.41, 5.74) is 0. The molecule has 0 amide bonds. The number of aromatic nitrogens is 3. The van der Waals surface area contributed by atoms with E-state index in [1.807, 2.05) is 6.92 Å². The van der Waals surface area contributed by atoms with E-state index >= 15 is 0 Å². The lowest BCUT2D eigenvalue weighted by molar-refractivity contribution is 0.447. The smallest absolute Gasteiger partial charge is 0.315 e. The Morgan fingerprint density at radius 2 is 2.00 bits per heavy atom. The van der Waals surface area contributed by atoms with Crippen LogP contribution in [-0.4, -0.2) is 21.2 Å². The minimum absolute atomic E-state index is 0.372. The van der Waals surface area contributed by atoms with Crippen LogP contribution in [0.15, 0.2) is 15.0 Å². The van der Waals surface area contributed by atoms with Crippen LogP contribution >= 0.6 is 0 Å². The van der Waals surface area contributed by atoms with Gasteiger partial charge in [-0.05, 0) is 0 Å². The normalized spacial score (nSPS) is 11.2. The highest BCUT2D eigenvalue weighted by atomic mass is 16.4. The lowest BCUT2D eigenvalue weighted by atomic mass is 10.4. The highest BCUT2D eigenvalue weighted by Gasteiger charge is 2.08. The molecule has 7 nitrogen and oxygen atoms in total. The first-order chi connectivity index (χ1) is 9.17. The van der Waals surface area contributed by atoms with Gasteiger partial charge in [-0.3, -0.25) is 0 Å². The molecule has 2 aromatic rings. The molecule has 0 aliphatic rings. The predicted octanol–water partition coefficient (Wildman–Crippen LogP) is 1.73. The Morgan fingerprint density at radius 1 is 1.16 bits per heavy atom. The van der Waals surface area contributed by atoms with Crippen LogP contribution in [0.2, 0.25) is 0 Å². The maximum Gasteiger partial charge on any atom is 0.315 e. The Hall–Kier alpha value is -1.89. The number of nitrogens with one attached hydrogen (secondary N) is 2. The Labute approximate surface area is 111 Å². The lowest BCUT2D eigenvalue weighted by Gasteiger charge is -2.03. The summed E-state index contributed by atoms with van der Waals surface area (Å²) < 4.78 is 10.9. The molecule has 104 valence electrons. The largest absolute Gasteiger partial charge is 0.444 e. The minimum Gasteiger partial charge on any atom is -0.444 e. The number of anilines is 1. The summed E-state index contributed by atoms with van der Waals surface area (Å²) in [5.74, 6) is 2.03. The molecule has 0 bridgehead atoms. The minimum atomic E-state index is 0.372. The third-order valence-electron chi connectivity index (χ3n) is 2.47. The van der Waals surface area contributed by atoms with E-state index in [1.165, 1.54) is 0 Å². The summed E-state index contributed by atoms with van der Waals surface area (Å²) in [4.78, 5) is 4.14. The van der Waals surface area contributed by atoms with Crippen molar-refractivity contribution >= 4 is 6.01 Å². The van der Waals surface area contributed by atoms with Crippen molar-refractivity contribution in [1.29, 1.82) is 0 Å². The van der Waals surface area contributed by atoms with Crippen LogP contribution in [0.5, 0.6) is 0 Å². The van der Waals surface area contributed by atoms with E-state index in [0.717, 1.165) is 12.2 Å². The van der Waals surface area contributed by atoms with Crippen LogP contribution in [0.4, 0.5) is 6.01 Å². The molecule has 2 N–H and O–H groups in total. The van der Waals surface area contributed by atoms with Crippen molar-refractivity contribution in [3.05, 3.63) is 23.7 Å². The molecule has 0 aliphatic heterocycles. The van der Waals surface area contributed by atoms with Crippen molar-refractivity contribution < 1.29 is 8.83 Å². The molecule has 7 heteroatoms. The molecule has 0 saturated heterocycles. The van der Waals surface area contributed by atoms with Gasteiger partial charge in [0.2, 0.25) is 11.8 Å². The zero-order valence-electron chi connectivity index (χ0n) is 11.4. The second-order valence-electron chi connectivity index (χ2n) is 4.46. The van der Waals surface area contributed by atoms with Gasteiger partial charge >= 0.3 is 6.01 Å². The van der Waals surface area contributed by atoms with Crippen LogP contribution in [0.1, 0.15) is 38.3 Å². The maximum absolute atomic E-state index is 5.46. The number of hydrogen-bond acceptors (Lipinski definition) is 7. The Kier molecular flexibility index (Phi) is 4.51. The van der Waals surface area contributed by atoms with E-state index in [0.29, 0.717) is 36.9 Å². The van der Waals surface area contributed by atoms with Gasteiger partial charge < -0.3 is 19.5 Å². The first-order valence-corrected chi connectivity index (χ1v) is 6.40. The number of rotatable bonds is 7. The van der Waals surface area contributed by atoms with Crippen molar-refractivity contribution in [3.63, 3.8) is 0 Å². The summed E-state index contributed by atoms with van der Waals surface area (Å²) in [7, 11) is 0. The molecule has 2 aromatic heterocycles. The highest BCUT2D eigenvalue weighted by Crippen LogP contribution is 2.09. The standard InChI is InChI=1S/C12H19N5O2/c1-4-9-5-14-10(18-9)6-15-12-17-16-11(19-12)7-13-8(2)3/h5,8,13H,4,6-7H2,1-3H3,(H,15,17). The van der Waals surface area contributed by atoms with Crippen LogP contribution in [0.25, 0.3) is 0 Å². The zero-order chi connectivity index (χ0) is 13.7.